The van der Waals surface area contributed by atoms with Crippen molar-refractivity contribution in [2.24, 2.45) is 5.92 Å². The maximum Gasteiger partial charge on any atom is 0.123 e. The van der Waals surface area contributed by atoms with Gasteiger partial charge in [0.15, 0.2) is 0 Å². The lowest BCUT2D eigenvalue weighted by Crippen LogP contribution is -2.33. The van der Waals surface area contributed by atoms with Gasteiger partial charge in [-0.2, -0.15) is 0 Å². The average molecular weight is 231 g/mol. The van der Waals surface area contributed by atoms with E-state index in [-0.39, 0.29) is 0 Å². The molecule has 0 aromatic heterocycles. The highest BCUT2D eigenvalue weighted by Crippen LogP contribution is 2.19. The van der Waals surface area contributed by atoms with Crippen molar-refractivity contribution < 1.29 is 4.79 Å². The maximum atomic E-state index is 10.7. The number of aldehydes is 1. The highest BCUT2D eigenvalue weighted by Gasteiger charge is 2.18. The van der Waals surface area contributed by atoms with Crippen molar-refractivity contribution in [1.29, 1.82) is 0 Å². The van der Waals surface area contributed by atoms with Gasteiger partial charge < -0.3 is 4.79 Å². The van der Waals surface area contributed by atoms with Crippen LogP contribution in [0.5, 0.6) is 0 Å². The molecule has 0 atom stereocenters. The fourth-order valence-corrected chi connectivity index (χ4v) is 2.46. The molecule has 2 nitrogen and oxygen atoms in total. The molecule has 0 N–H and O–H groups in total. The van der Waals surface area contributed by atoms with Crippen molar-refractivity contribution in [2.45, 2.75) is 33.2 Å². The minimum atomic E-state index is 0.296. The summed E-state index contributed by atoms with van der Waals surface area (Å²) < 4.78 is 0. The second-order valence-electron chi connectivity index (χ2n) is 5.18. The average Bonchev–Trinajstić information content (AvgIpc) is 2.35. The van der Waals surface area contributed by atoms with Gasteiger partial charge >= 0.3 is 0 Å². The molecule has 0 bridgehead atoms. The standard InChI is InChI=1S/C15H21NO/c1-12-3-4-13(2)15(9-12)10-16-7-5-14(11-17)6-8-16/h3-4,9,11,14H,5-8,10H2,1-2H3. The van der Waals surface area contributed by atoms with E-state index in [1.54, 1.807) is 0 Å². The van der Waals surface area contributed by atoms with Gasteiger partial charge in [-0.15, -0.1) is 0 Å². The molecule has 0 aliphatic carbocycles. The van der Waals surface area contributed by atoms with Gasteiger partial charge in [-0.25, -0.2) is 0 Å². The lowest BCUT2D eigenvalue weighted by atomic mass is 9.97. The van der Waals surface area contributed by atoms with E-state index in [0.29, 0.717) is 5.92 Å². The number of aryl methyl sites for hydroxylation is 2. The SMILES string of the molecule is Cc1ccc(C)c(CN2CCC(C=O)CC2)c1. The van der Waals surface area contributed by atoms with Crippen LogP contribution < -0.4 is 0 Å². The van der Waals surface area contributed by atoms with E-state index in [0.717, 1.165) is 38.8 Å². The second-order valence-corrected chi connectivity index (χ2v) is 5.18. The molecular weight excluding hydrogens is 210 g/mol. The molecule has 1 aromatic rings. The molecule has 0 saturated carbocycles. The minimum Gasteiger partial charge on any atom is -0.303 e. The summed E-state index contributed by atoms with van der Waals surface area (Å²) >= 11 is 0. The van der Waals surface area contributed by atoms with Gasteiger partial charge in [-0.05, 0) is 50.9 Å². The largest absolute Gasteiger partial charge is 0.303 e. The van der Waals surface area contributed by atoms with Gasteiger partial charge in [0.25, 0.3) is 0 Å². The Bertz CT molecular complexity index is 392. The number of nitrogens with zero attached hydrogens (tertiary/aromatic N) is 1. The first-order valence-corrected chi connectivity index (χ1v) is 6.43. The maximum absolute atomic E-state index is 10.7. The third-order valence-corrected chi connectivity index (χ3v) is 3.72. The quantitative estimate of drug-likeness (QED) is 0.745. The molecule has 2 heteroatoms. The van der Waals surface area contributed by atoms with Gasteiger partial charge in [0.1, 0.15) is 6.29 Å². The third-order valence-electron chi connectivity index (χ3n) is 3.72. The highest BCUT2D eigenvalue weighted by atomic mass is 16.1. The molecule has 1 aliphatic heterocycles. The number of benzene rings is 1. The molecular formula is C15H21NO. The summed E-state index contributed by atoms with van der Waals surface area (Å²) in [5.74, 6) is 0.296. The Hall–Kier alpha value is -1.15. The van der Waals surface area contributed by atoms with Crippen molar-refractivity contribution in [1.82, 2.24) is 4.90 Å². The van der Waals surface area contributed by atoms with Crippen LogP contribution >= 0.6 is 0 Å². The molecule has 0 radical (unpaired) electrons. The van der Waals surface area contributed by atoms with Gasteiger partial charge in [0, 0.05) is 12.5 Å². The van der Waals surface area contributed by atoms with Gasteiger partial charge in [-0.1, -0.05) is 23.8 Å². The van der Waals surface area contributed by atoms with E-state index in [9.17, 15) is 4.79 Å². The minimum absolute atomic E-state index is 0.296. The van der Waals surface area contributed by atoms with Crippen LogP contribution in [-0.2, 0) is 11.3 Å². The number of likely N-dealkylation sites (tertiary alicyclic amines) is 1. The first kappa shape index (κ1) is 12.3. The summed E-state index contributed by atoms with van der Waals surface area (Å²) in [7, 11) is 0. The normalized spacial score (nSPS) is 18.2. The molecule has 0 unspecified atom stereocenters. The Kier molecular flexibility index (Phi) is 3.95. The zero-order valence-electron chi connectivity index (χ0n) is 10.8. The number of hydrogen-bond acceptors (Lipinski definition) is 2. The van der Waals surface area contributed by atoms with Crippen LogP contribution in [0.4, 0.5) is 0 Å². The molecule has 1 saturated heterocycles. The Labute approximate surface area is 104 Å². The van der Waals surface area contributed by atoms with Crippen LogP contribution in [0, 0.1) is 19.8 Å². The number of piperidine rings is 1. The number of rotatable bonds is 3. The molecule has 92 valence electrons. The Morgan fingerprint density at radius 1 is 1.29 bits per heavy atom. The zero-order valence-corrected chi connectivity index (χ0v) is 10.8. The molecule has 17 heavy (non-hydrogen) atoms. The van der Waals surface area contributed by atoms with Crippen molar-refractivity contribution in [3.8, 4) is 0 Å². The fourth-order valence-electron chi connectivity index (χ4n) is 2.46. The molecule has 1 fully saturated rings. The van der Waals surface area contributed by atoms with Crippen molar-refractivity contribution in [2.75, 3.05) is 13.1 Å². The molecule has 0 spiro atoms. The lowest BCUT2D eigenvalue weighted by molar-refractivity contribution is -0.112. The summed E-state index contributed by atoms with van der Waals surface area (Å²) in [6.07, 6.45) is 3.16. The van der Waals surface area contributed by atoms with Crippen LogP contribution in [0.1, 0.15) is 29.5 Å². The Morgan fingerprint density at radius 3 is 2.65 bits per heavy atom. The van der Waals surface area contributed by atoms with E-state index < -0.39 is 0 Å². The van der Waals surface area contributed by atoms with Crippen LogP contribution in [0.2, 0.25) is 0 Å². The number of hydrogen-bond donors (Lipinski definition) is 0. The Balaban J connectivity index is 1.97. The summed E-state index contributed by atoms with van der Waals surface area (Å²) in [5, 5.41) is 0. The Morgan fingerprint density at radius 2 is 2.00 bits per heavy atom. The van der Waals surface area contributed by atoms with Crippen LogP contribution in [0.3, 0.4) is 0 Å². The first-order valence-electron chi connectivity index (χ1n) is 6.43. The lowest BCUT2D eigenvalue weighted by Gasteiger charge is -2.30. The summed E-state index contributed by atoms with van der Waals surface area (Å²) in [6, 6.07) is 6.64. The summed E-state index contributed by atoms with van der Waals surface area (Å²) in [4.78, 5) is 13.2. The topological polar surface area (TPSA) is 20.3 Å². The van der Waals surface area contributed by atoms with Gasteiger partial charge in [0.2, 0.25) is 0 Å². The van der Waals surface area contributed by atoms with Crippen LogP contribution in [-0.4, -0.2) is 24.3 Å². The van der Waals surface area contributed by atoms with E-state index in [2.05, 4.69) is 36.9 Å². The molecule has 1 aliphatic rings. The van der Waals surface area contributed by atoms with Gasteiger partial charge in [0.05, 0.1) is 0 Å². The predicted octanol–water partition coefficient (Wildman–Crippen LogP) is 2.71. The number of carbonyl (C=O) groups is 1. The molecule has 1 aromatic carbocycles. The van der Waals surface area contributed by atoms with Crippen LogP contribution in [0.25, 0.3) is 0 Å². The summed E-state index contributed by atoms with van der Waals surface area (Å²) in [5.41, 5.74) is 4.12. The van der Waals surface area contributed by atoms with E-state index in [1.807, 2.05) is 0 Å². The second kappa shape index (κ2) is 5.46. The fraction of sp³-hybridized carbons (Fsp3) is 0.533. The molecule has 1 heterocycles. The van der Waals surface area contributed by atoms with Crippen LogP contribution in [0.15, 0.2) is 18.2 Å². The first-order chi connectivity index (χ1) is 8.19. The molecule has 2 rings (SSSR count). The van der Waals surface area contributed by atoms with Crippen molar-refractivity contribution in [3.05, 3.63) is 34.9 Å². The zero-order chi connectivity index (χ0) is 12.3. The smallest absolute Gasteiger partial charge is 0.123 e. The van der Waals surface area contributed by atoms with Crippen molar-refractivity contribution >= 4 is 6.29 Å². The van der Waals surface area contributed by atoms with E-state index >= 15 is 0 Å². The molecule has 0 amide bonds. The monoisotopic (exact) mass is 231 g/mol. The van der Waals surface area contributed by atoms with E-state index in [1.165, 1.54) is 16.7 Å². The highest BCUT2D eigenvalue weighted by molar-refractivity contribution is 5.53. The summed E-state index contributed by atoms with van der Waals surface area (Å²) in [6.45, 7) is 7.45. The van der Waals surface area contributed by atoms with Gasteiger partial charge in [-0.3, -0.25) is 4.90 Å². The van der Waals surface area contributed by atoms with E-state index in [4.69, 9.17) is 0 Å². The predicted molar refractivity (Wildman–Crippen MR) is 70.0 cm³/mol. The third kappa shape index (κ3) is 3.16. The number of carbonyl (C=O) groups excluding carboxylic acids is 1. The van der Waals surface area contributed by atoms with Crippen molar-refractivity contribution in [3.63, 3.8) is 0 Å².